The maximum atomic E-state index is 13.4. The minimum atomic E-state index is -0.320. The number of nitrogens with one attached hydrogen (secondary N) is 1. The van der Waals surface area contributed by atoms with Crippen molar-refractivity contribution in [3.63, 3.8) is 0 Å². The standard InChI is InChI=1S/C24H25N3O2/c1-7-12(4)15-8-16-18-17(24(29)27(23(16)28)10-11(2)3)9-26-22-14(6)13(5)21(25)19(15)20(18)22/h8-9,11-12,25H,5-7,10H2,1-4H3. The second-order valence-electron chi connectivity index (χ2n) is 8.41. The maximum Gasteiger partial charge on any atom is 0.262 e. The number of aromatic nitrogens is 1. The fourth-order valence-corrected chi connectivity index (χ4v) is 4.27. The van der Waals surface area contributed by atoms with Gasteiger partial charge >= 0.3 is 0 Å². The summed E-state index contributed by atoms with van der Waals surface area (Å²) in [4.78, 5) is 32.4. The molecule has 2 aromatic rings. The van der Waals surface area contributed by atoms with Crippen molar-refractivity contribution in [1.29, 1.82) is 5.41 Å². The minimum Gasteiger partial charge on any atom is -0.300 e. The van der Waals surface area contributed by atoms with Crippen LogP contribution in [0.25, 0.3) is 16.3 Å². The largest absolute Gasteiger partial charge is 0.300 e. The SMILES string of the molecule is C=C1C(=C)c2ncc3c4c(cc(C(C)CC)c(c24)C1=N)C(=O)N(CC(C)C)C3=O. The first-order valence-electron chi connectivity index (χ1n) is 10.0. The highest BCUT2D eigenvalue weighted by atomic mass is 16.2. The summed E-state index contributed by atoms with van der Waals surface area (Å²) in [7, 11) is 0. The van der Waals surface area contributed by atoms with Gasteiger partial charge in [0.05, 0.1) is 17.0 Å². The molecule has 4 rings (SSSR count). The van der Waals surface area contributed by atoms with Crippen molar-refractivity contribution in [3.8, 4) is 0 Å². The Labute approximate surface area is 170 Å². The lowest BCUT2D eigenvalue weighted by Gasteiger charge is -2.33. The molecule has 2 heterocycles. The highest BCUT2D eigenvalue weighted by Crippen LogP contribution is 2.44. The van der Waals surface area contributed by atoms with Crippen LogP contribution >= 0.6 is 0 Å². The number of carbonyl (C=O) groups is 2. The molecule has 0 saturated heterocycles. The Bertz CT molecular complexity index is 1160. The molecule has 0 fully saturated rings. The molecule has 1 aliphatic heterocycles. The molecular weight excluding hydrogens is 362 g/mol. The number of imide groups is 1. The number of rotatable bonds is 4. The third-order valence-corrected chi connectivity index (χ3v) is 6.03. The Morgan fingerprint density at radius 3 is 2.34 bits per heavy atom. The van der Waals surface area contributed by atoms with Crippen molar-refractivity contribution in [2.45, 2.75) is 40.0 Å². The Balaban J connectivity index is 2.16. The van der Waals surface area contributed by atoms with E-state index < -0.39 is 0 Å². The molecule has 2 aliphatic rings. The van der Waals surface area contributed by atoms with E-state index in [2.05, 4.69) is 32.0 Å². The predicted octanol–water partition coefficient (Wildman–Crippen LogP) is 4.95. The molecule has 1 aromatic heterocycles. The van der Waals surface area contributed by atoms with Crippen LogP contribution in [0.4, 0.5) is 0 Å². The van der Waals surface area contributed by atoms with Gasteiger partial charge in [0.15, 0.2) is 0 Å². The summed E-state index contributed by atoms with van der Waals surface area (Å²) < 4.78 is 0. The molecule has 1 N–H and O–H groups in total. The van der Waals surface area contributed by atoms with Crippen LogP contribution in [0, 0.1) is 11.3 Å². The summed E-state index contributed by atoms with van der Waals surface area (Å²) in [5, 5.41) is 10.0. The van der Waals surface area contributed by atoms with E-state index in [4.69, 9.17) is 5.41 Å². The third-order valence-electron chi connectivity index (χ3n) is 6.03. The van der Waals surface area contributed by atoms with Gasteiger partial charge in [-0.05, 0) is 29.9 Å². The van der Waals surface area contributed by atoms with Gasteiger partial charge in [-0.2, -0.15) is 0 Å². The molecule has 148 valence electrons. The zero-order valence-electron chi connectivity index (χ0n) is 17.3. The van der Waals surface area contributed by atoms with Gasteiger partial charge in [0.1, 0.15) is 0 Å². The van der Waals surface area contributed by atoms with Gasteiger partial charge in [-0.25, -0.2) is 0 Å². The molecule has 0 spiro atoms. The van der Waals surface area contributed by atoms with Crippen LogP contribution in [-0.2, 0) is 0 Å². The third kappa shape index (κ3) is 2.53. The number of hydrogen-bond donors (Lipinski definition) is 1. The predicted molar refractivity (Wildman–Crippen MR) is 116 cm³/mol. The lowest BCUT2D eigenvalue weighted by Crippen LogP contribution is -2.43. The molecule has 1 aliphatic carbocycles. The van der Waals surface area contributed by atoms with E-state index in [-0.39, 0.29) is 23.7 Å². The lowest BCUT2D eigenvalue weighted by atomic mass is 9.76. The number of benzene rings is 1. The van der Waals surface area contributed by atoms with Gasteiger partial charge in [0.25, 0.3) is 11.8 Å². The van der Waals surface area contributed by atoms with Crippen molar-refractivity contribution < 1.29 is 9.59 Å². The molecule has 0 saturated carbocycles. The Hall–Kier alpha value is -3.08. The van der Waals surface area contributed by atoms with Gasteiger partial charge in [0.2, 0.25) is 0 Å². The molecular formula is C24H25N3O2. The highest BCUT2D eigenvalue weighted by Gasteiger charge is 2.38. The topological polar surface area (TPSA) is 74.1 Å². The average Bonchev–Trinajstić information content (AvgIpc) is 2.70. The Morgan fingerprint density at radius 1 is 1.07 bits per heavy atom. The van der Waals surface area contributed by atoms with E-state index in [9.17, 15) is 9.59 Å². The van der Waals surface area contributed by atoms with Crippen LogP contribution in [0.15, 0.2) is 31.0 Å². The molecule has 29 heavy (non-hydrogen) atoms. The monoisotopic (exact) mass is 387 g/mol. The first-order chi connectivity index (χ1) is 13.7. The smallest absolute Gasteiger partial charge is 0.262 e. The fourth-order valence-electron chi connectivity index (χ4n) is 4.27. The van der Waals surface area contributed by atoms with Crippen LogP contribution in [0.5, 0.6) is 0 Å². The van der Waals surface area contributed by atoms with E-state index >= 15 is 0 Å². The Kier molecular flexibility index (Phi) is 4.30. The minimum absolute atomic E-state index is 0.144. The summed E-state index contributed by atoms with van der Waals surface area (Å²) in [6.45, 7) is 16.6. The number of hydrogen-bond acceptors (Lipinski definition) is 4. The van der Waals surface area contributed by atoms with Crippen LogP contribution < -0.4 is 0 Å². The quantitative estimate of drug-likeness (QED) is 0.754. The Morgan fingerprint density at radius 2 is 1.72 bits per heavy atom. The molecule has 1 atom stereocenters. The van der Waals surface area contributed by atoms with Gasteiger partial charge < -0.3 is 0 Å². The van der Waals surface area contributed by atoms with E-state index in [0.717, 1.165) is 17.5 Å². The van der Waals surface area contributed by atoms with E-state index in [1.807, 2.05) is 19.9 Å². The fraction of sp³-hybridized carbons (Fsp3) is 0.333. The van der Waals surface area contributed by atoms with Crippen molar-refractivity contribution in [3.05, 3.63) is 58.9 Å². The van der Waals surface area contributed by atoms with Gasteiger partial charge in [0, 0.05) is 45.8 Å². The zero-order chi connectivity index (χ0) is 21.2. The second-order valence-corrected chi connectivity index (χ2v) is 8.41. The lowest BCUT2D eigenvalue weighted by molar-refractivity contribution is 0.0591. The van der Waals surface area contributed by atoms with Crippen molar-refractivity contribution in [1.82, 2.24) is 9.88 Å². The van der Waals surface area contributed by atoms with Gasteiger partial charge in [-0.3, -0.25) is 24.9 Å². The van der Waals surface area contributed by atoms with Crippen molar-refractivity contribution in [2.75, 3.05) is 6.54 Å². The zero-order valence-corrected chi connectivity index (χ0v) is 17.3. The van der Waals surface area contributed by atoms with Crippen LogP contribution in [0.1, 0.15) is 77.6 Å². The second kappa shape index (κ2) is 6.48. The molecule has 2 amide bonds. The first kappa shape index (κ1) is 19.2. The van der Waals surface area contributed by atoms with E-state index in [0.29, 0.717) is 51.0 Å². The summed E-state index contributed by atoms with van der Waals surface area (Å²) in [5.74, 6) is -0.286. The molecule has 5 heteroatoms. The summed E-state index contributed by atoms with van der Waals surface area (Å²) in [6, 6.07) is 1.89. The van der Waals surface area contributed by atoms with Crippen molar-refractivity contribution >= 4 is 33.9 Å². The normalized spacial score (nSPS) is 17.0. The molecule has 1 unspecified atom stereocenters. The van der Waals surface area contributed by atoms with E-state index in [1.54, 1.807) is 6.20 Å². The first-order valence-corrected chi connectivity index (χ1v) is 10.0. The summed E-state index contributed by atoms with van der Waals surface area (Å²) in [6.07, 6.45) is 2.41. The van der Waals surface area contributed by atoms with Crippen LogP contribution in [0.3, 0.4) is 0 Å². The molecule has 1 aromatic carbocycles. The van der Waals surface area contributed by atoms with Crippen LogP contribution in [0.2, 0.25) is 0 Å². The highest BCUT2D eigenvalue weighted by molar-refractivity contribution is 6.35. The number of carbonyl (C=O) groups excluding carboxylic acids is 2. The molecule has 5 nitrogen and oxygen atoms in total. The number of amides is 2. The number of nitrogens with zero attached hydrogens (tertiary/aromatic N) is 2. The summed E-state index contributed by atoms with van der Waals surface area (Å²) in [5.41, 5.74) is 4.63. The number of allylic oxidation sites excluding steroid dienone is 2. The molecule has 0 bridgehead atoms. The number of pyridine rings is 1. The van der Waals surface area contributed by atoms with Crippen LogP contribution in [-0.4, -0.2) is 34.0 Å². The van der Waals surface area contributed by atoms with Gasteiger partial charge in [-0.15, -0.1) is 0 Å². The maximum absolute atomic E-state index is 13.4. The summed E-state index contributed by atoms with van der Waals surface area (Å²) >= 11 is 0. The van der Waals surface area contributed by atoms with Crippen molar-refractivity contribution in [2.24, 2.45) is 5.92 Å². The van der Waals surface area contributed by atoms with Gasteiger partial charge in [-0.1, -0.05) is 40.9 Å². The van der Waals surface area contributed by atoms with E-state index in [1.165, 1.54) is 4.90 Å². The average molecular weight is 387 g/mol. The molecule has 0 radical (unpaired) electrons.